The molecule has 1 fully saturated rings. The average molecular weight is 231 g/mol. The zero-order chi connectivity index (χ0) is 12.0. The zero-order valence-electron chi connectivity index (χ0n) is 10.4. The lowest BCUT2D eigenvalue weighted by Crippen LogP contribution is -2.57. The Labute approximate surface area is 98.2 Å². The minimum atomic E-state index is -0.108. The van der Waals surface area contributed by atoms with Crippen LogP contribution in [0.15, 0.2) is 0 Å². The highest BCUT2D eigenvalue weighted by Gasteiger charge is 2.27. The molecule has 0 radical (unpaired) electrons. The van der Waals surface area contributed by atoms with E-state index in [-0.39, 0.29) is 18.7 Å². The molecule has 2 unspecified atom stereocenters. The first-order valence-electron chi connectivity index (χ1n) is 6.04. The second-order valence-corrected chi connectivity index (χ2v) is 4.34. The lowest BCUT2D eigenvalue weighted by Gasteiger charge is -2.40. The number of nitrogens with zero attached hydrogens (tertiary/aromatic N) is 2. The van der Waals surface area contributed by atoms with Gasteiger partial charge in [-0.05, 0) is 6.54 Å². The first-order valence-corrected chi connectivity index (χ1v) is 6.04. The number of ether oxygens (including phenoxy) is 1. The van der Waals surface area contributed by atoms with Crippen molar-refractivity contribution in [1.82, 2.24) is 9.80 Å². The van der Waals surface area contributed by atoms with Gasteiger partial charge in [-0.15, -0.1) is 0 Å². The van der Waals surface area contributed by atoms with Crippen LogP contribution in [0, 0.1) is 0 Å². The lowest BCUT2D eigenvalue weighted by atomic mass is 10.1. The van der Waals surface area contributed by atoms with Crippen LogP contribution in [0.1, 0.15) is 6.92 Å². The van der Waals surface area contributed by atoms with Gasteiger partial charge in [0.1, 0.15) is 0 Å². The summed E-state index contributed by atoms with van der Waals surface area (Å²) in [5.41, 5.74) is 6.00. The molecule has 0 amide bonds. The van der Waals surface area contributed by atoms with Gasteiger partial charge in [0.2, 0.25) is 0 Å². The number of rotatable bonds is 6. The van der Waals surface area contributed by atoms with Crippen LogP contribution in [0.25, 0.3) is 0 Å². The number of aliphatic hydroxyl groups is 1. The van der Waals surface area contributed by atoms with Crippen LogP contribution >= 0.6 is 0 Å². The second-order valence-electron chi connectivity index (χ2n) is 4.34. The third kappa shape index (κ3) is 3.68. The van der Waals surface area contributed by atoms with Gasteiger partial charge in [0, 0.05) is 39.3 Å². The monoisotopic (exact) mass is 231 g/mol. The molecule has 96 valence electrons. The lowest BCUT2D eigenvalue weighted by molar-refractivity contribution is 0.0372. The van der Waals surface area contributed by atoms with Crippen LogP contribution in [0.3, 0.4) is 0 Å². The van der Waals surface area contributed by atoms with E-state index in [0.717, 1.165) is 32.7 Å². The fourth-order valence-corrected chi connectivity index (χ4v) is 2.24. The molecule has 3 N–H and O–H groups in total. The Morgan fingerprint density at radius 2 is 1.94 bits per heavy atom. The van der Waals surface area contributed by atoms with Gasteiger partial charge < -0.3 is 20.5 Å². The summed E-state index contributed by atoms with van der Waals surface area (Å²) in [4.78, 5) is 4.68. The van der Waals surface area contributed by atoms with Crippen LogP contribution < -0.4 is 5.73 Å². The largest absolute Gasteiger partial charge is 0.395 e. The van der Waals surface area contributed by atoms with E-state index in [1.807, 2.05) is 0 Å². The summed E-state index contributed by atoms with van der Waals surface area (Å²) in [7, 11) is 1.64. The van der Waals surface area contributed by atoms with Crippen molar-refractivity contribution in [2.45, 2.75) is 19.0 Å². The van der Waals surface area contributed by atoms with Crippen molar-refractivity contribution in [2.75, 3.05) is 53.0 Å². The molecule has 0 aliphatic carbocycles. The van der Waals surface area contributed by atoms with E-state index in [0.29, 0.717) is 6.61 Å². The normalized spacial score (nSPS) is 23.2. The summed E-state index contributed by atoms with van der Waals surface area (Å²) >= 11 is 0. The Kier molecular flexibility index (Phi) is 6.23. The number of aliphatic hydroxyl groups excluding tert-OH is 1. The molecule has 1 rings (SSSR count). The van der Waals surface area contributed by atoms with E-state index in [4.69, 9.17) is 10.5 Å². The number of piperazine rings is 1. The molecule has 2 atom stereocenters. The summed E-state index contributed by atoms with van der Waals surface area (Å²) in [5, 5.41) is 9.41. The number of methoxy groups -OCH3 is 1. The van der Waals surface area contributed by atoms with E-state index in [2.05, 4.69) is 16.7 Å². The van der Waals surface area contributed by atoms with Crippen LogP contribution in [0.4, 0.5) is 0 Å². The fourth-order valence-electron chi connectivity index (χ4n) is 2.24. The summed E-state index contributed by atoms with van der Waals surface area (Å²) in [6.45, 7) is 7.97. The van der Waals surface area contributed by atoms with Crippen LogP contribution in [0.2, 0.25) is 0 Å². The summed E-state index contributed by atoms with van der Waals surface area (Å²) in [6.07, 6.45) is 0. The smallest absolute Gasteiger partial charge is 0.0629 e. The standard InChI is InChI=1S/C11H25N3O2/c1-3-13-4-6-14(7-5-13)11(8-15)10(12)9-16-2/h10-11,15H,3-9,12H2,1-2H3. The molecule has 1 aliphatic rings. The van der Waals surface area contributed by atoms with Gasteiger partial charge in [-0.2, -0.15) is 0 Å². The van der Waals surface area contributed by atoms with Gasteiger partial charge in [-0.1, -0.05) is 6.92 Å². The Hall–Kier alpha value is -0.200. The molecule has 0 saturated carbocycles. The summed E-state index contributed by atoms with van der Waals surface area (Å²) in [5.74, 6) is 0. The van der Waals surface area contributed by atoms with E-state index in [1.165, 1.54) is 0 Å². The van der Waals surface area contributed by atoms with Crippen LogP contribution in [-0.4, -0.2) is 80.0 Å². The number of hydrogen-bond donors (Lipinski definition) is 2. The van der Waals surface area contributed by atoms with Crippen molar-refractivity contribution in [3.8, 4) is 0 Å². The molecule has 0 aromatic carbocycles. The van der Waals surface area contributed by atoms with Crippen molar-refractivity contribution in [3.63, 3.8) is 0 Å². The SMILES string of the molecule is CCN1CCN(C(CO)C(N)COC)CC1. The maximum Gasteiger partial charge on any atom is 0.0629 e. The third-order valence-electron chi connectivity index (χ3n) is 3.36. The highest BCUT2D eigenvalue weighted by molar-refractivity contribution is 4.85. The van der Waals surface area contributed by atoms with Gasteiger partial charge in [0.05, 0.1) is 19.3 Å². The first kappa shape index (κ1) is 13.9. The highest BCUT2D eigenvalue weighted by atomic mass is 16.5. The van der Waals surface area contributed by atoms with Gasteiger partial charge in [0.15, 0.2) is 0 Å². The molecule has 0 spiro atoms. The molecule has 16 heavy (non-hydrogen) atoms. The molecule has 0 aromatic rings. The molecule has 0 bridgehead atoms. The summed E-state index contributed by atoms with van der Waals surface area (Å²) < 4.78 is 5.05. The molecule has 1 aliphatic heterocycles. The number of hydrogen-bond acceptors (Lipinski definition) is 5. The quantitative estimate of drug-likeness (QED) is 0.611. The van der Waals surface area contributed by atoms with Gasteiger partial charge >= 0.3 is 0 Å². The Balaban J connectivity index is 2.42. The molecule has 5 heteroatoms. The predicted molar refractivity (Wildman–Crippen MR) is 64.4 cm³/mol. The van der Waals surface area contributed by atoms with Crippen molar-refractivity contribution in [2.24, 2.45) is 5.73 Å². The topological polar surface area (TPSA) is 62.0 Å². The van der Waals surface area contributed by atoms with E-state index in [1.54, 1.807) is 7.11 Å². The van der Waals surface area contributed by atoms with Crippen LogP contribution in [0.5, 0.6) is 0 Å². The minimum absolute atomic E-state index is 0.0268. The second kappa shape index (κ2) is 7.19. The zero-order valence-corrected chi connectivity index (χ0v) is 10.4. The average Bonchev–Trinajstić information content (AvgIpc) is 2.31. The van der Waals surface area contributed by atoms with Crippen molar-refractivity contribution >= 4 is 0 Å². The first-order chi connectivity index (χ1) is 7.72. The Morgan fingerprint density at radius 3 is 2.38 bits per heavy atom. The van der Waals surface area contributed by atoms with Crippen molar-refractivity contribution < 1.29 is 9.84 Å². The van der Waals surface area contributed by atoms with Gasteiger partial charge in [0.25, 0.3) is 0 Å². The number of nitrogens with two attached hydrogens (primary N) is 1. The van der Waals surface area contributed by atoms with Crippen molar-refractivity contribution in [1.29, 1.82) is 0 Å². The van der Waals surface area contributed by atoms with Gasteiger partial charge in [-0.25, -0.2) is 0 Å². The maximum absolute atomic E-state index is 9.41. The molecule has 0 aromatic heterocycles. The molecular weight excluding hydrogens is 206 g/mol. The Bertz CT molecular complexity index is 184. The van der Waals surface area contributed by atoms with Gasteiger partial charge in [-0.3, -0.25) is 4.90 Å². The van der Waals surface area contributed by atoms with E-state index in [9.17, 15) is 5.11 Å². The van der Waals surface area contributed by atoms with Crippen LogP contribution in [-0.2, 0) is 4.74 Å². The molecule has 1 heterocycles. The molecular formula is C11H25N3O2. The summed E-state index contributed by atoms with van der Waals surface area (Å²) in [6, 6.07) is -0.0814. The Morgan fingerprint density at radius 1 is 1.31 bits per heavy atom. The third-order valence-corrected chi connectivity index (χ3v) is 3.36. The van der Waals surface area contributed by atoms with E-state index >= 15 is 0 Å². The molecule has 5 nitrogen and oxygen atoms in total. The maximum atomic E-state index is 9.41. The number of likely N-dealkylation sites (N-methyl/N-ethyl adjacent to an activating group) is 1. The van der Waals surface area contributed by atoms with E-state index < -0.39 is 0 Å². The minimum Gasteiger partial charge on any atom is -0.395 e. The highest BCUT2D eigenvalue weighted by Crippen LogP contribution is 2.08. The molecule has 1 saturated heterocycles. The van der Waals surface area contributed by atoms with Crippen molar-refractivity contribution in [3.05, 3.63) is 0 Å². The predicted octanol–water partition coefficient (Wildman–Crippen LogP) is -1.04. The fraction of sp³-hybridized carbons (Fsp3) is 1.00.